The van der Waals surface area contributed by atoms with E-state index in [1.807, 2.05) is 12.1 Å². The maximum absolute atomic E-state index is 3.84. The smallest absolute Gasteiger partial charge is 0.0907 e. The van der Waals surface area contributed by atoms with Crippen molar-refractivity contribution < 1.29 is 0 Å². The lowest BCUT2D eigenvalue weighted by Crippen LogP contribution is -2.21. The van der Waals surface area contributed by atoms with Gasteiger partial charge in [0.05, 0.1) is 6.20 Å². The van der Waals surface area contributed by atoms with Gasteiger partial charge >= 0.3 is 0 Å². The van der Waals surface area contributed by atoms with Gasteiger partial charge in [-0.05, 0) is 26.0 Å². The van der Waals surface area contributed by atoms with Crippen LogP contribution in [0, 0.1) is 6.20 Å². The predicted octanol–water partition coefficient (Wildman–Crippen LogP) is 1.73. The van der Waals surface area contributed by atoms with Gasteiger partial charge in [-0.1, -0.05) is 0 Å². The van der Waals surface area contributed by atoms with Crippen LogP contribution < -0.4 is 4.90 Å². The molecule has 11 heavy (non-hydrogen) atoms. The summed E-state index contributed by atoms with van der Waals surface area (Å²) in [4.78, 5) is 6.11. The molecule has 0 amide bonds. The Labute approximate surface area is 67.9 Å². The van der Waals surface area contributed by atoms with Gasteiger partial charge < -0.3 is 4.90 Å². The van der Waals surface area contributed by atoms with Gasteiger partial charge in [0.2, 0.25) is 0 Å². The van der Waals surface area contributed by atoms with E-state index >= 15 is 0 Å². The highest BCUT2D eigenvalue weighted by molar-refractivity contribution is 5.43. The first-order valence-corrected chi connectivity index (χ1v) is 3.95. The number of hydrogen-bond donors (Lipinski definition) is 0. The van der Waals surface area contributed by atoms with Gasteiger partial charge in [-0.2, -0.15) is 0 Å². The minimum Gasteiger partial charge on any atom is -0.372 e. The van der Waals surface area contributed by atoms with Crippen LogP contribution >= 0.6 is 0 Å². The van der Waals surface area contributed by atoms with Crippen LogP contribution in [0.25, 0.3) is 0 Å². The average Bonchev–Trinajstić information content (AvgIpc) is 2.09. The zero-order valence-electron chi connectivity index (χ0n) is 7.04. The van der Waals surface area contributed by atoms with Crippen LogP contribution in [0.1, 0.15) is 13.8 Å². The summed E-state index contributed by atoms with van der Waals surface area (Å²) < 4.78 is 0. The maximum atomic E-state index is 3.84. The number of pyridine rings is 1. The molecule has 0 saturated carbocycles. The van der Waals surface area contributed by atoms with Crippen LogP contribution in [-0.4, -0.2) is 18.1 Å². The van der Waals surface area contributed by atoms with Gasteiger partial charge in [-0.15, -0.1) is 0 Å². The van der Waals surface area contributed by atoms with Crippen LogP contribution in [0.4, 0.5) is 5.69 Å². The van der Waals surface area contributed by atoms with E-state index in [9.17, 15) is 0 Å². The van der Waals surface area contributed by atoms with Crippen molar-refractivity contribution in [3.8, 4) is 0 Å². The van der Waals surface area contributed by atoms with E-state index in [-0.39, 0.29) is 0 Å². The minimum absolute atomic E-state index is 1.04. The van der Waals surface area contributed by atoms with Crippen molar-refractivity contribution in [1.29, 1.82) is 0 Å². The average molecular weight is 149 g/mol. The molecule has 1 aromatic rings. The molecular formula is C9H13N2. The van der Waals surface area contributed by atoms with E-state index in [2.05, 4.69) is 29.9 Å². The molecule has 1 radical (unpaired) electrons. The van der Waals surface area contributed by atoms with Crippen molar-refractivity contribution in [3.05, 3.63) is 24.5 Å². The first-order valence-electron chi connectivity index (χ1n) is 3.95. The normalized spacial score (nSPS) is 9.64. The van der Waals surface area contributed by atoms with Crippen molar-refractivity contribution in [2.24, 2.45) is 0 Å². The summed E-state index contributed by atoms with van der Waals surface area (Å²) in [7, 11) is 0. The standard InChI is InChI=1S/C9H13N2/c1-3-11(4-2)9-5-7-10-8-6-9/h5-7H,3-4H2,1-2H3. The van der Waals surface area contributed by atoms with Crippen molar-refractivity contribution in [2.45, 2.75) is 13.8 Å². The zero-order valence-corrected chi connectivity index (χ0v) is 7.04. The van der Waals surface area contributed by atoms with E-state index in [1.54, 1.807) is 6.20 Å². The molecule has 0 aliphatic heterocycles. The Morgan fingerprint density at radius 2 is 2.18 bits per heavy atom. The quantitative estimate of drug-likeness (QED) is 0.650. The first kappa shape index (κ1) is 8.05. The lowest BCUT2D eigenvalue weighted by Gasteiger charge is -2.19. The molecule has 1 heterocycles. The summed E-state index contributed by atoms with van der Waals surface area (Å²) in [5, 5.41) is 0. The Hall–Kier alpha value is -1.05. The van der Waals surface area contributed by atoms with Gasteiger partial charge in [-0.25, -0.2) is 0 Å². The van der Waals surface area contributed by atoms with Crippen molar-refractivity contribution in [2.75, 3.05) is 18.0 Å². The molecule has 0 spiro atoms. The molecular weight excluding hydrogens is 136 g/mol. The molecule has 0 aromatic carbocycles. The summed E-state index contributed by atoms with van der Waals surface area (Å²) in [5.74, 6) is 0. The van der Waals surface area contributed by atoms with Crippen LogP contribution in [0.15, 0.2) is 18.3 Å². The van der Waals surface area contributed by atoms with Gasteiger partial charge in [0.1, 0.15) is 0 Å². The number of anilines is 1. The van der Waals surface area contributed by atoms with Crippen molar-refractivity contribution in [1.82, 2.24) is 4.98 Å². The van der Waals surface area contributed by atoms with Crippen LogP contribution in [0.5, 0.6) is 0 Å². The van der Waals surface area contributed by atoms with E-state index < -0.39 is 0 Å². The van der Waals surface area contributed by atoms with E-state index in [0.717, 1.165) is 13.1 Å². The number of nitrogens with zero attached hydrogens (tertiary/aromatic N) is 2. The van der Waals surface area contributed by atoms with Gasteiger partial charge in [0.25, 0.3) is 0 Å². The molecule has 0 N–H and O–H groups in total. The molecule has 0 aliphatic carbocycles. The summed E-state index contributed by atoms with van der Waals surface area (Å²) in [6.45, 7) is 6.36. The van der Waals surface area contributed by atoms with E-state index in [1.165, 1.54) is 5.69 Å². The fourth-order valence-corrected chi connectivity index (χ4v) is 1.09. The third-order valence-electron chi connectivity index (χ3n) is 1.74. The van der Waals surface area contributed by atoms with Crippen LogP contribution in [0.2, 0.25) is 0 Å². The first-order chi connectivity index (χ1) is 5.38. The van der Waals surface area contributed by atoms with E-state index in [4.69, 9.17) is 0 Å². The molecule has 0 bridgehead atoms. The largest absolute Gasteiger partial charge is 0.372 e. The highest BCUT2D eigenvalue weighted by Gasteiger charge is 1.98. The van der Waals surface area contributed by atoms with Gasteiger partial charge in [0, 0.05) is 25.0 Å². The Bertz CT molecular complexity index is 192. The molecule has 2 nitrogen and oxygen atoms in total. The minimum atomic E-state index is 1.04. The SMILES string of the molecule is CCN(CC)c1c[c]ncc1. The summed E-state index contributed by atoms with van der Waals surface area (Å²) >= 11 is 0. The molecule has 2 heteroatoms. The Kier molecular flexibility index (Phi) is 2.90. The lowest BCUT2D eigenvalue weighted by atomic mass is 10.3. The molecule has 1 rings (SSSR count). The Morgan fingerprint density at radius 3 is 2.64 bits per heavy atom. The second-order valence-electron chi connectivity index (χ2n) is 2.32. The highest BCUT2D eigenvalue weighted by Crippen LogP contribution is 2.09. The Morgan fingerprint density at radius 1 is 1.45 bits per heavy atom. The second-order valence-corrected chi connectivity index (χ2v) is 2.32. The molecule has 59 valence electrons. The number of aromatic nitrogens is 1. The van der Waals surface area contributed by atoms with Crippen molar-refractivity contribution in [3.63, 3.8) is 0 Å². The number of hydrogen-bond acceptors (Lipinski definition) is 2. The fourth-order valence-electron chi connectivity index (χ4n) is 1.09. The molecule has 1 aromatic heterocycles. The molecule has 0 atom stereocenters. The summed E-state index contributed by atoms with van der Waals surface area (Å²) in [6.07, 6.45) is 4.59. The van der Waals surface area contributed by atoms with Crippen LogP contribution in [-0.2, 0) is 0 Å². The zero-order chi connectivity index (χ0) is 8.10. The number of rotatable bonds is 3. The maximum Gasteiger partial charge on any atom is 0.0907 e. The lowest BCUT2D eigenvalue weighted by molar-refractivity contribution is 0.864. The monoisotopic (exact) mass is 149 g/mol. The van der Waals surface area contributed by atoms with Gasteiger partial charge in [-0.3, -0.25) is 4.98 Å². The molecule has 0 fully saturated rings. The van der Waals surface area contributed by atoms with Gasteiger partial charge in [0.15, 0.2) is 0 Å². The molecule has 0 aliphatic rings. The van der Waals surface area contributed by atoms with Crippen molar-refractivity contribution >= 4 is 5.69 Å². The van der Waals surface area contributed by atoms with Crippen LogP contribution in [0.3, 0.4) is 0 Å². The third kappa shape index (κ3) is 1.93. The topological polar surface area (TPSA) is 16.1 Å². The Balaban J connectivity index is 2.74. The molecule has 0 saturated heterocycles. The summed E-state index contributed by atoms with van der Waals surface area (Å²) in [6, 6.07) is 3.91. The predicted molar refractivity (Wildman–Crippen MR) is 46.6 cm³/mol. The second kappa shape index (κ2) is 3.96. The van der Waals surface area contributed by atoms with E-state index in [0.29, 0.717) is 0 Å². The molecule has 0 unspecified atom stereocenters. The fraction of sp³-hybridized carbons (Fsp3) is 0.444. The summed E-state index contributed by atoms with van der Waals surface area (Å²) in [5.41, 5.74) is 1.20. The third-order valence-corrected chi connectivity index (χ3v) is 1.74. The highest BCUT2D eigenvalue weighted by atomic mass is 15.1.